The lowest BCUT2D eigenvalue weighted by Gasteiger charge is -2.45. The van der Waals surface area contributed by atoms with E-state index in [2.05, 4.69) is 5.32 Å². The second kappa shape index (κ2) is 13.9. The molecule has 40 heavy (non-hydrogen) atoms. The monoisotopic (exact) mass is 556 g/mol. The molecule has 0 aliphatic heterocycles. The molecule has 1 unspecified atom stereocenters. The van der Waals surface area contributed by atoms with Crippen molar-refractivity contribution in [3.05, 3.63) is 82.7 Å². The van der Waals surface area contributed by atoms with E-state index >= 15 is 0 Å². The number of aliphatic hydroxyl groups is 1. The Balaban J connectivity index is 2.10. The van der Waals surface area contributed by atoms with Crippen LogP contribution >= 0.6 is 0 Å². The molecule has 7 nitrogen and oxygen atoms in total. The van der Waals surface area contributed by atoms with Crippen LogP contribution in [-0.4, -0.2) is 52.1 Å². The molecule has 0 bridgehead atoms. The lowest BCUT2D eigenvalue weighted by atomic mass is 9.63. The molecule has 1 aliphatic carbocycles. The number of halogens is 2. The molecular formula is C31H42F2N4O3. The van der Waals surface area contributed by atoms with Gasteiger partial charge in [0.2, 0.25) is 11.8 Å². The zero-order valence-corrected chi connectivity index (χ0v) is 23.9. The Labute approximate surface area is 235 Å². The van der Waals surface area contributed by atoms with E-state index in [-0.39, 0.29) is 30.9 Å². The molecule has 1 aromatic heterocycles. The first-order chi connectivity index (χ1) is 19.0. The second-order valence-electron chi connectivity index (χ2n) is 10.8. The highest BCUT2D eigenvalue weighted by Gasteiger charge is 2.50. The molecule has 9 heteroatoms. The first-order valence-electron chi connectivity index (χ1n) is 13.9. The summed E-state index contributed by atoms with van der Waals surface area (Å²) in [6.45, 7) is 7.34. The molecule has 0 saturated carbocycles. The molecule has 3 atom stereocenters. The van der Waals surface area contributed by atoms with Gasteiger partial charge in [0.25, 0.3) is 0 Å². The molecule has 218 valence electrons. The van der Waals surface area contributed by atoms with Crippen LogP contribution < -0.4 is 11.1 Å². The van der Waals surface area contributed by atoms with E-state index in [0.29, 0.717) is 30.8 Å². The average Bonchev–Trinajstić information content (AvgIpc) is 3.30. The van der Waals surface area contributed by atoms with Gasteiger partial charge >= 0.3 is 0 Å². The molecule has 1 aromatic carbocycles. The third kappa shape index (κ3) is 7.46. The standard InChI is InChI=1S/C31H42F2N4O3/c1-5-9-37(10-6-2)30(40)31(17-21(3)12-23(18-31)29(34)39)27(15-22-13-24(32)16-25(33)14-22)28(38)20-35-19-26-8-7-11-36(26)4/h7-8,11-14,16-17,27-28,35,38H,5-6,9-10,15,18-20H2,1-4H3,(H2,34,39)/t27-,28+,31?/m1/s1. The number of carbonyl (C=O) groups excluding carboxylic acids is 2. The van der Waals surface area contributed by atoms with Crippen molar-refractivity contribution in [2.45, 2.75) is 59.1 Å². The van der Waals surface area contributed by atoms with E-state index < -0.39 is 35.0 Å². The topological polar surface area (TPSA) is 101 Å². The largest absolute Gasteiger partial charge is 0.391 e. The Morgan fingerprint density at radius 2 is 1.82 bits per heavy atom. The minimum atomic E-state index is -1.36. The van der Waals surface area contributed by atoms with Gasteiger partial charge in [-0.15, -0.1) is 0 Å². The number of hydrogen-bond donors (Lipinski definition) is 3. The van der Waals surface area contributed by atoms with Crippen molar-refractivity contribution >= 4 is 11.8 Å². The van der Waals surface area contributed by atoms with Crippen LogP contribution in [0.2, 0.25) is 0 Å². The Bertz CT molecular complexity index is 1230. The van der Waals surface area contributed by atoms with Gasteiger partial charge in [0.05, 0.1) is 11.5 Å². The maximum absolute atomic E-state index is 14.5. The van der Waals surface area contributed by atoms with Crippen molar-refractivity contribution in [1.82, 2.24) is 14.8 Å². The van der Waals surface area contributed by atoms with Crippen LogP contribution in [0, 0.1) is 23.0 Å². The number of hydrogen-bond acceptors (Lipinski definition) is 4. The normalized spacial score (nSPS) is 18.6. The molecule has 0 spiro atoms. The van der Waals surface area contributed by atoms with Crippen molar-refractivity contribution in [3.8, 4) is 0 Å². The van der Waals surface area contributed by atoms with Gasteiger partial charge in [-0.3, -0.25) is 9.59 Å². The number of amides is 2. The summed E-state index contributed by atoms with van der Waals surface area (Å²) in [5.74, 6) is -3.18. The van der Waals surface area contributed by atoms with E-state index in [0.717, 1.165) is 24.6 Å². The first-order valence-corrected chi connectivity index (χ1v) is 13.9. The van der Waals surface area contributed by atoms with Gasteiger partial charge in [0.15, 0.2) is 0 Å². The predicted octanol–water partition coefficient (Wildman–Crippen LogP) is 4.01. The van der Waals surface area contributed by atoms with E-state index in [4.69, 9.17) is 5.73 Å². The number of nitrogens with two attached hydrogens (primary N) is 1. The van der Waals surface area contributed by atoms with Crippen LogP contribution in [0.3, 0.4) is 0 Å². The average molecular weight is 557 g/mol. The molecule has 1 aliphatic rings. The maximum Gasteiger partial charge on any atom is 0.244 e. The van der Waals surface area contributed by atoms with E-state index in [9.17, 15) is 23.5 Å². The minimum Gasteiger partial charge on any atom is -0.391 e. The molecule has 2 amide bonds. The van der Waals surface area contributed by atoms with Gasteiger partial charge in [-0.25, -0.2) is 8.78 Å². The predicted molar refractivity (Wildman–Crippen MR) is 152 cm³/mol. The van der Waals surface area contributed by atoms with Gasteiger partial charge in [0.1, 0.15) is 11.6 Å². The van der Waals surface area contributed by atoms with Crippen molar-refractivity contribution < 1.29 is 23.5 Å². The fourth-order valence-corrected chi connectivity index (χ4v) is 5.80. The lowest BCUT2D eigenvalue weighted by molar-refractivity contribution is -0.145. The number of aryl methyl sites for hydroxylation is 1. The third-order valence-electron chi connectivity index (χ3n) is 7.57. The van der Waals surface area contributed by atoms with Crippen LogP contribution in [0.15, 0.2) is 59.8 Å². The fraction of sp³-hybridized carbons (Fsp3) is 0.484. The Hall–Kier alpha value is -3.30. The number of carbonyl (C=O) groups is 2. The summed E-state index contributed by atoms with van der Waals surface area (Å²) < 4.78 is 30.5. The van der Waals surface area contributed by atoms with Crippen LogP contribution in [0.25, 0.3) is 0 Å². The molecule has 0 fully saturated rings. The van der Waals surface area contributed by atoms with Crippen molar-refractivity contribution in [2.24, 2.45) is 24.1 Å². The van der Waals surface area contributed by atoms with Crippen LogP contribution in [0.1, 0.15) is 51.3 Å². The summed E-state index contributed by atoms with van der Waals surface area (Å²) in [7, 11) is 1.92. The molecule has 3 rings (SSSR count). The number of benzene rings is 1. The maximum atomic E-state index is 14.5. The van der Waals surface area contributed by atoms with Gasteiger partial charge in [-0.1, -0.05) is 31.6 Å². The summed E-state index contributed by atoms with van der Waals surface area (Å²) in [6, 6.07) is 7.12. The molecule has 1 heterocycles. The number of nitrogens with zero attached hydrogens (tertiary/aromatic N) is 2. The van der Waals surface area contributed by atoms with Gasteiger partial charge in [-0.2, -0.15) is 0 Å². The van der Waals surface area contributed by atoms with Crippen LogP contribution in [0.4, 0.5) is 8.78 Å². The first kappa shape index (κ1) is 31.2. The summed E-state index contributed by atoms with van der Waals surface area (Å²) >= 11 is 0. The number of allylic oxidation sites excluding steroid dienone is 2. The Kier molecular flexibility index (Phi) is 10.8. The smallest absolute Gasteiger partial charge is 0.244 e. The number of primary amides is 1. The van der Waals surface area contributed by atoms with E-state index in [1.54, 1.807) is 24.0 Å². The zero-order chi connectivity index (χ0) is 29.4. The van der Waals surface area contributed by atoms with E-state index in [1.165, 1.54) is 12.1 Å². The van der Waals surface area contributed by atoms with Crippen molar-refractivity contribution in [2.75, 3.05) is 19.6 Å². The van der Waals surface area contributed by atoms with E-state index in [1.807, 2.05) is 43.8 Å². The Morgan fingerprint density at radius 1 is 1.18 bits per heavy atom. The molecular weight excluding hydrogens is 514 g/mol. The summed E-state index contributed by atoms with van der Waals surface area (Å²) in [5.41, 5.74) is 6.63. The molecule has 4 N–H and O–H groups in total. The van der Waals surface area contributed by atoms with Crippen LogP contribution in [0.5, 0.6) is 0 Å². The van der Waals surface area contributed by atoms with Gasteiger partial charge < -0.3 is 25.6 Å². The number of rotatable bonds is 14. The number of nitrogens with one attached hydrogen (secondary N) is 1. The van der Waals surface area contributed by atoms with Gasteiger partial charge in [0, 0.05) is 62.7 Å². The van der Waals surface area contributed by atoms with Gasteiger partial charge in [-0.05, 0) is 62.4 Å². The zero-order valence-electron chi connectivity index (χ0n) is 23.9. The quantitative estimate of drug-likeness (QED) is 0.327. The molecule has 0 saturated heterocycles. The summed E-state index contributed by atoms with van der Waals surface area (Å²) in [5, 5.41) is 15.0. The third-order valence-corrected chi connectivity index (χ3v) is 7.57. The fourth-order valence-electron chi connectivity index (χ4n) is 5.80. The molecule has 0 radical (unpaired) electrons. The Morgan fingerprint density at radius 3 is 2.38 bits per heavy atom. The number of aromatic nitrogens is 1. The van der Waals surface area contributed by atoms with Crippen molar-refractivity contribution in [1.29, 1.82) is 0 Å². The summed E-state index contributed by atoms with van der Waals surface area (Å²) in [6.07, 6.45) is 5.74. The minimum absolute atomic E-state index is 0.00926. The molecule has 2 aromatic rings. The highest BCUT2D eigenvalue weighted by Crippen LogP contribution is 2.45. The van der Waals surface area contributed by atoms with Crippen LogP contribution in [-0.2, 0) is 29.6 Å². The van der Waals surface area contributed by atoms with Crippen molar-refractivity contribution in [3.63, 3.8) is 0 Å². The number of aliphatic hydroxyl groups excluding tert-OH is 1. The summed E-state index contributed by atoms with van der Waals surface area (Å²) in [4.78, 5) is 28.7. The highest BCUT2D eigenvalue weighted by atomic mass is 19.1. The highest BCUT2D eigenvalue weighted by molar-refractivity contribution is 5.96. The lowest BCUT2D eigenvalue weighted by Crippen LogP contribution is -2.54. The second-order valence-corrected chi connectivity index (χ2v) is 10.8. The SMILES string of the molecule is CCCN(CCC)C(=O)C1([C@H](Cc2cc(F)cc(F)c2)[C@@H](O)CNCc2cccn2C)C=C(C)C=C(C(N)=O)C1.